The normalized spacial score (nSPS) is 37.9. The fourth-order valence-electron chi connectivity index (χ4n) is 3.09. The van der Waals surface area contributed by atoms with E-state index < -0.39 is 5.60 Å². The Labute approximate surface area is 87.9 Å². The lowest BCUT2D eigenvalue weighted by Crippen LogP contribution is -2.55. The van der Waals surface area contributed by atoms with Crippen molar-refractivity contribution in [3.8, 4) is 0 Å². The summed E-state index contributed by atoms with van der Waals surface area (Å²) < 4.78 is 0. The molecule has 3 atom stereocenters. The maximum atomic E-state index is 10.5. The predicted molar refractivity (Wildman–Crippen MR) is 60.0 cm³/mol. The standard InChI is InChI=1S/C12H25NO/c1-4-11(3,14)12(9-13)8-6-5-7-10(12)2/h10,14H,4-9,13H2,1-3H3. The SMILES string of the molecule is CCC(C)(O)C1(CN)CCCCC1C. The van der Waals surface area contributed by atoms with Crippen molar-refractivity contribution in [1.29, 1.82) is 0 Å². The highest BCUT2D eigenvalue weighted by Crippen LogP contribution is 2.49. The van der Waals surface area contributed by atoms with E-state index in [0.717, 1.165) is 12.8 Å². The zero-order chi connectivity index (χ0) is 10.8. The lowest BCUT2D eigenvalue weighted by molar-refractivity contribution is -0.115. The molecule has 0 spiro atoms. The van der Waals surface area contributed by atoms with Gasteiger partial charge in [0, 0.05) is 12.0 Å². The van der Waals surface area contributed by atoms with Crippen LogP contribution in [0.5, 0.6) is 0 Å². The van der Waals surface area contributed by atoms with Crippen molar-refractivity contribution in [2.75, 3.05) is 6.54 Å². The highest BCUT2D eigenvalue weighted by Gasteiger charge is 2.49. The maximum absolute atomic E-state index is 10.5. The van der Waals surface area contributed by atoms with Gasteiger partial charge < -0.3 is 10.8 Å². The van der Waals surface area contributed by atoms with Crippen LogP contribution in [0.1, 0.15) is 52.9 Å². The van der Waals surface area contributed by atoms with Gasteiger partial charge in [0.2, 0.25) is 0 Å². The first kappa shape index (κ1) is 12.0. The topological polar surface area (TPSA) is 46.2 Å². The molecule has 0 radical (unpaired) electrons. The van der Waals surface area contributed by atoms with Gasteiger partial charge in [-0.05, 0) is 25.7 Å². The van der Waals surface area contributed by atoms with E-state index in [1.165, 1.54) is 19.3 Å². The third kappa shape index (κ3) is 1.70. The highest BCUT2D eigenvalue weighted by atomic mass is 16.3. The van der Waals surface area contributed by atoms with E-state index in [0.29, 0.717) is 12.5 Å². The van der Waals surface area contributed by atoms with Crippen molar-refractivity contribution < 1.29 is 5.11 Å². The molecule has 1 saturated carbocycles. The summed E-state index contributed by atoms with van der Waals surface area (Å²) in [6.07, 6.45) is 5.62. The van der Waals surface area contributed by atoms with E-state index in [4.69, 9.17) is 5.73 Å². The Morgan fingerprint density at radius 2 is 2.14 bits per heavy atom. The van der Waals surface area contributed by atoms with Crippen molar-refractivity contribution in [2.24, 2.45) is 17.1 Å². The van der Waals surface area contributed by atoms with Gasteiger partial charge in [-0.3, -0.25) is 0 Å². The van der Waals surface area contributed by atoms with Crippen molar-refractivity contribution >= 4 is 0 Å². The maximum Gasteiger partial charge on any atom is 0.0687 e. The number of hydrogen-bond acceptors (Lipinski definition) is 2. The van der Waals surface area contributed by atoms with Crippen LogP contribution in [0, 0.1) is 11.3 Å². The van der Waals surface area contributed by atoms with Gasteiger partial charge in [0.05, 0.1) is 5.60 Å². The van der Waals surface area contributed by atoms with Crippen LogP contribution >= 0.6 is 0 Å². The first-order valence-corrected chi connectivity index (χ1v) is 5.92. The highest BCUT2D eigenvalue weighted by molar-refractivity contribution is 5.00. The molecule has 1 fully saturated rings. The van der Waals surface area contributed by atoms with Crippen molar-refractivity contribution in [1.82, 2.24) is 0 Å². The van der Waals surface area contributed by atoms with Crippen LogP contribution in [0.4, 0.5) is 0 Å². The molecule has 0 amide bonds. The summed E-state index contributed by atoms with van der Waals surface area (Å²) in [7, 11) is 0. The summed E-state index contributed by atoms with van der Waals surface area (Å²) in [5.41, 5.74) is 5.29. The van der Waals surface area contributed by atoms with Crippen LogP contribution in [-0.2, 0) is 0 Å². The second kappa shape index (κ2) is 4.19. The molecular formula is C12H25NO. The van der Waals surface area contributed by atoms with Gasteiger partial charge in [0.1, 0.15) is 0 Å². The number of aliphatic hydroxyl groups is 1. The van der Waals surface area contributed by atoms with E-state index in [9.17, 15) is 5.11 Å². The molecule has 14 heavy (non-hydrogen) atoms. The molecule has 0 aromatic rings. The van der Waals surface area contributed by atoms with Crippen LogP contribution in [0.15, 0.2) is 0 Å². The van der Waals surface area contributed by atoms with Crippen LogP contribution in [0.2, 0.25) is 0 Å². The Balaban J connectivity index is 2.93. The lowest BCUT2D eigenvalue weighted by atomic mass is 9.58. The minimum atomic E-state index is -0.596. The average molecular weight is 199 g/mol. The Kier molecular flexibility index (Phi) is 3.59. The van der Waals surface area contributed by atoms with Crippen molar-refractivity contribution in [3.63, 3.8) is 0 Å². The zero-order valence-corrected chi connectivity index (χ0v) is 9.84. The second-order valence-corrected chi connectivity index (χ2v) is 5.13. The van der Waals surface area contributed by atoms with Gasteiger partial charge in [-0.1, -0.05) is 33.1 Å². The first-order valence-electron chi connectivity index (χ1n) is 5.92. The summed E-state index contributed by atoms with van der Waals surface area (Å²) in [5.74, 6) is 0.552. The Morgan fingerprint density at radius 1 is 1.50 bits per heavy atom. The van der Waals surface area contributed by atoms with E-state index in [1.54, 1.807) is 0 Å². The smallest absolute Gasteiger partial charge is 0.0687 e. The van der Waals surface area contributed by atoms with Crippen LogP contribution in [0.3, 0.4) is 0 Å². The molecule has 84 valence electrons. The molecule has 3 unspecified atom stereocenters. The molecule has 1 aliphatic rings. The third-order valence-corrected chi connectivity index (χ3v) is 4.58. The number of hydrogen-bond donors (Lipinski definition) is 2. The van der Waals surface area contributed by atoms with Gasteiger partial charge in [-0.15, -0.1) is 0 Å². The number of nitrogens with two attached hydrogens (primary N) is 1. The van der Waals surface area contributed by atoms with Crippen LogP contribution < -0.4 is 5.73 Å². The Morgan fingerprint density at radius 3 is 2.57 bits per heavy atom. The summed E-state index contributed by atoms with van der Waals surface area (Å²) in [6.45, 7) is 6.88. The molecule has 3 N–H and O–H groups in total. The molecule has 0 heterocycles. The molecule has 1 aliphatic carbocycles. The minimum Gasteiger partial charge on any atom is -0.390 e. The van der Waals surface area contributed by atoms with E-state index in [1.807, 2.05) is 6.92 Å². The van der Waals surface area contributed by atoms with E-state index in [-0.39, 0.29) is 5.41 Å². The average Bonchev–Trinajstić information content (AvgIpc) is 2.18. The Bertz CT molecular complexity index is 191. The molecule has 1 rings (SSSR count). The fraction of sp³-hybridized carbons (Fsp3) is 1.00. The second-order valence-electron chi connectivity index (χ2n) is 5.13. The van der Waals surface area contributed by atoms with E-state index >= 15 is 0 Å². The summed E-state index contributed by atoms with van der Waals surface area (Å²) >= 11 is 0. The van der Waals surface area contributed by atoms with Crippen LogP contribution in [0.25, 0.3) is 0 Å². The molecule has 2 heteroatoms. The molecular weight excluding hydrogens is 174 g/mol. The monoisotopic (exact) mass is 199 g/mol. The summed E-state index contributed by atoms with van der Waals surface area (Å²) in [5, 5.41) is 10.5. The third-order valence-electron chi connectivity index (χ3n) is 4.58. The zero-order valence-electron chi connectivity index (χ0n) is 9.84. The van der Waals surface area contributed by atoms with Gasteiger partial charge in [0.15, 0.2) is 0 Å². The van der Waals surface area contributed by atoms with Crippen molar-refractivity contribution in [2.45, 2.75) is 58.5 Å². The van der Waals surface area contributed by atoms with Crippen molar-refractivity contribution in [3.05, 3.63) is 0 Å². The minimum absolute atomic E-state index is 0.0417. The van der Waals surface area contributed by atoms with E-state index in [2.05, 4.69) is 13.8 Å². The summed E-state index contributed by atoms with van der Waals surface area (Å²) in [4.78, 5) is 0. The molecule has 0 aromatic carbocycles. The molecule has 0 aromatic heterocycles. The molecule has 0 bridgehead atoms. The lowest BCUT2D eigenvalue weighted by Gasteiger charge is -2.51. The number of rotatable bonds is 3. The fourth-order valence-corrected chi connectivity index (χ4v) is 3.09. The Hall–Kier alpha value is -0.0800. The first-order chi connectivity index (χ1) is 6.50. The predicted octanol–water partition coefficient (Wildman–Crippen LogP) is 2.30. The summed E-state index contributed by atoms with van der Waals surface area (Å²) in [6, 6.07) is 0. The quantitative estimate of drug-likeness (QED) is 0.732. The molecule has 2 nitrogen and oxygen atoms in total. The molecule has 0 aliphatic heterocycles. The van der Waals surface area contributed by atoms with Gasteiger partial charge in [-0.2, -0.15) is 0 Å². The van der Waals surface area contributed by atoms with Gasteiger partial charge in [0.25, 0.3) is 0 Å². The van der Waals surface area contributed by atoms with Gasteiger partial charge >= 0.3 is 0 Å². The van der Waals surface area contributed by atoms with Gasteiger partial charge in [-0.25, -0.2) is 0 Å². The van der Waals surface area contributed by atoms with Crippen LogP contribution in [-0.4, -0.2) is 17.3 Å². The molecule has 0 saturated heterocycles. The largest absolute Gasteiger partial charge is 0.390 e.